The summed E-state index contributed by atoms with van der Waals surface area (Å²) in [6.07, 6.45) is 0.836. The average molecular weight is 209 g/mol. The van der Waals surface area contributed by atoms with Gasteiger partial charge in [-0.3, -0.25) is 5.43 Å². The normalized spacial score (nSPS) is 9.53. The van der Waals surface area contributed by atoms with Crippen LogP contribution in [-0.4, -0.2) is 13.1 Å². The molecule has 0 bridgehead atoms. The van der Waals surface area contributed by atoms with Crippen LogP contribution in [0.4, 0.5) is 10.5 Å². The van der Waals surface area contributed by atoms with E-state index in [2.05, 4.69) is 5.32 Å². The number of anilines is 1. The summed E-state index contributed by atoms with van der Waals surface area (Å²) in [5, 5.41) is 2.59. The fraction of sp³-hybridized carbons (Fsp3) is 0.300. The molecule has 0 saturated heterocycles. The zero-order valence-corrected chi connectivity index (χ0v) is 8.83. The maximum Gasteiger partial charge on any atom is 0.333 e. The highest BCUT2D eigenvalue weighted by atomic mass is 16.5. The van der Waals surface area contributed by atoms with Crippen molar-refractivity contribution in [3.8, 4) is 5.75 Å². The van der Waals surface area contributed by atoms with E-state index in [9.17, 15) is 4.79 Å². The van der Waals surface area contributed by atoms with Crippen LogP contribution < -0.4 is 21.3 Å². The molecule has 0 unspecified atom stereocenters. The van der Waals surface area contributed by atoms with Crippen molar-refractivity contribution in [2.75, 3.05) is 12.4 Å². The molecule has 0 heterocycles. The lowest BCUT2D eigenvalue weighted by molar-refractivity contribution is 0.252. The van der Waals surface area contributed by atoms with E-state index in [0.717, 1.165) is 17.7 Å². The molecule has 5 heteroatoms. The molecule has 0 fully saturated rings. The number of ether oxygens (including phenoxy) is 1. The van der Waals surface area contributed by atoms with Crippen molar-refractivity contribution in [2.45, 2.75) is 13.3 Å². The van der Waals surface area contributed by atoms with Gasteiger partial charge < -0.3 is 10.1 Å². The molecule has 0 spiro atoms. The van der Waals surface area contributed by atoms with Crippen LogP contribution >= 0.6 is 0 Å². The van der Waals surface area contributed by atoms with E-state index in [4.69, 9.17) is 10.6 Å². The van der Waals surface area contributed by atoms with Crippen molar-refractivity contribution in [3.63, 3.8) is 0 Å². The lowest BCUT2D eigenvalue weighted by Crippen LogP contribution is -2.34. The number of benzene rings is 1. The first-order valence-electron chi connectivity index (χ1n) is 4.65. The van der Waals surface area contributed by atoms with Crippen LogP contribution in [0, 0.1) is 0 Å². The Labute approximate surface area is 88.6 Å². The molecule has 0 aliphatic rings. The van der Waals surface area contributed by atoms with Gasteiger partial charge in [0.15, 0.2) is 0 Å². The molecule has 1 rings (SSSR count). The van der Waals surface area contributed by atoms with Crippen LogP contribution in [0.3, 0.4) is 0 Å². The second-order valence-corrected chi connectivity index (χ2v) is 2.98. The fourth-order valence-electron chi connectivity index (χ4n) is 1.30. The summed E-state index contributed by atoms with van der Waals surface area (Å²) in [6.45, 7) is 2.02. The molecule has 15 heavy (non-hydrogen) atoms. The van der Waals surface area contributed by atoms with Gasteiger partial charge in [-0.05, 0) is 30.2 Å². The zero-order valence-electron chi connectivity index (χ0n) is 8.83. The van der Waals surface area contributed by atoms with E-state index in [-0.39, 0.29) is 0 Å². The van der Waals surface area contributed by atoms with Gasteiger partial charge in [0.2, 0.25) is 0 Å². The molecule has 82 valence electrons. The second-order valence-electron chi connectivity index (χ2n) is 2.98. The Morgan fingerprint density at radius 3 is 2.80 bits per heavy atom. The number of aryl methyl sites for hydroxylation is 1. The number of nitrogens with two attached hydrogens (primary N) is 1. The van der Waals surface area contributed by atoms with Crippen molar-refractivity contribution in [2.24, 2.45) is 5.84 Å². The van der Waals surface area contributed by atoms with Crippen LogP contribution in [-0.2, 0) is 6.42 Å². The summed E-state index contributed by atoms with van der Waals surface area (Å²) in [4.78, 5) is 11.0. The number of nitrogens with one attached hydrogen (secondary N) is 2. The first kappa shape index (κ1) is 11.3. The quantitative estimate of drug-likeness (QED) is 0.398. The molecule has 0 saturated carbocycles. The molecular formula is C10H15N3O2. The van der Waals surface area contributed by atoms with Gasteiger partial charge in [0, 0.05) is 5.69 Å². The van der Waals surface area contributed by atoms with Crippen molar-refractivity contribution in [1.82, 2.24) is 5.43 Å². The van der Waals surface area contributed by atoms with E-state index < -0.39 is 6.03 Å². The molecule has 0 aliphatic carbocycles. The monoisotopic (exact) mass is 209 g/mol. The van der Waals surface area contributed by atoms with Crippen molar-refractivity contribution in [1.29, 1.82) is 0 Å². The van der Waals surface area contributed by atoms with Crippen molar-refractivity contribution >= 4 is 11.7 Å². The summed E-state index contributed by atoms with van der Waals surface area (Å²) in [6, 6.07) is 4.98. The van der Waals surface area contributed by atoms with Gasteiger partial charge in [-0.25, -0.2) is 10.6 Å². The summed E-state index contributed by atoms with van der Waals surface area (Å²) >= 11 is 0. The average Bonchev–Trinajstić information content (AvgIpc) is 2.28. The number of hydrazine groups is 1. The highest BCUT2D eigenvalue weighted by Crippen LogP contribution is 2.22. The Morgan fingerprint density at radius 1 is 1.53 bits per heavy atom. The van der Waals surface area contributed by atoms with Crippen LogP contribution in [0.25, 0.3) is 0 Å². The number of methoxy groups -OCH3 is 1. The van der Waals surface area contributed by atoms with Crippen molar-refractivity contribution in [3.05, 3.63) is 23.8 Å². The number of hydrogen-bond acceptors (Lipinski definition) is 3. The van der Waals surface area contributed by atoms with Crippen LogP contribution in [0.1, 0.15) is 12.5 Å². The molecule has 0 aromatic heterocycles. The van der Waals surface area contributed by atoms with Gasteiger partial charge in [-0.15, -0.1) is 0 Å². The van der Waals surface area contributed by atoms with E-state index >= 15 is 0 Å². The Morgan fingerprint density at radius 2 is 2.27 bits per heavy atom. The summed E-state index contributed by atoms with van der Waals surface area (Å²) in [5.41, 5.74) is 3.72. The van der Waals surface area contributed by atoms with Gasteiger partial charge >= 0.3 is 6.03 Å². The molecule has 0 aliphatic heterocycles. The predicted octanol–water partition coefficient (Wildman–Crippen LogP) is 1.25. The summed E-state index contributed by atoms with van der Waals surface area (Å²) < 4.78 is 5.17. The minimum atomic E-state index is -0.442. The zero-order chi connectivity index (χ0) is 11.3. The maximum absolute atomic E-state index is 11.0. The predicted molar refractivity (Wildman–Crippen MR) is 58.7 cm³/mol. The topological polar surface area (TPSA) is 76.4 Å². The Hall–Kier alpha value is -1.75. The molecule has 1 aromatic carbocycles. The number of rotatable bonds is 3. The minimum Gasteiger partial charge on any atom is -0.496 e. The van der Waals surface area contributed by atoms with Gasteiger partial charge in [-0.1, -0.05) is 6.92 Å². The van der Waals surface area contributed by atoms with E-state index in [0.29, 0.717) is 5.69 Å². The van der Waals surface area contributed by atoms with E-state index in [1.54, 1.807) is 13.2 Å². The molecule has 0 radical (unpaired) electrons. The van der Waals surface area contributed by atoms with Gasteiger partial charge in [0.1, 0.15) is 5.75 Å². The Kier molecular flexibility index (Phi) is 3.93. The third-order valence-electron chi connectivity index (χ3n) is 2.05. The van der Waals surface area contributed by atoms with Crippen LogP contribution in [0.5, 0.6) is 5.75 Å². The van der Waals surface area contributed by atoms with Crippen LogP contribution in [0.15, 0.2) is 18.2 Å². The molecule has 0 atom stereocenters. The number of hydrogen-bond donors (Lipinski definition) is 3. The van der Waals surface area contributed by atoms with Gasteiger partial charge in [0.05, 0.1) is 7.11 Å². The first-order valence-corrected chi connectivity index (χ1v) is 4.65. The minimum absolute atomic E-state index is 0.442. The standard InChI is InChI=1S/C10H15N3O2/c1-3-7-6-8(12-10(14)13-11)4-5-9(7)15-2/h4-6H,3,11H2,1-2H3,(H2,12,13,14). The highest BCUT2D eigenvalue weighted by molar-refractivity contribution is 5.88. The molecule has 1 aromatic rings. The molecular weight excluding hydrogens is 194 g/mol. The lowest BCUT2D eigenvalue weighted by Gasteiger charge is -2.09. The summed E-state index contributed by atoms with van der Waals surface area (Å²) in [5.74, 6) is 5.78. The smallest absolute Gasteiger partial charge is 0.333 e. The lowest BCUT2D eigenvalue weighted by atomic mass is 10.1. The fourth-order valence-corrected chi connectivity index (χ4v) is 1.30. The molecule has 4 N–H and O–H groups in total. The molecule has 5 nitrogen and oxygen atoms in total. The third-order valence-corrected chi connectivity index (χ3v) is 2.05. The second kappa shape index (κ2) is 5.21. The number of carbonyl (C=O) groups is 1. The highest BCUT2D eigenvalue weighted by Gasteiger charge is 2.04. The SMILES string of the molecule is CCc1cc(NC(=O)NN)ccc1OC. The Balaban J connectivity index is 2.88. The number of carbonyl (C=O) groups excluding carboxylic acids is 1. The number of amides is 2. The molecule has 2 amide bonds. The number of urea groups is 1. The van der Waals surface area contributed by atoms with Crippen LogP contribution in [0.2, 0.25) is 0 Å². The van der Waals surface area contributed by atoms with Crippen molar-refractivity contribution < 1.29 is 9.53 Å². The van der Waals surface area contributed by atoms with E-state index in [1.165, 1.54) is 0 Å². The third kappa shape index (κ3) is 2.85. The van der Waals surface area contributed by atoms with E-state index in [1.807, 2.05) is 24.5 Å². The summed E-state index contributed by atoms with van der Waals surface area (Å²) in [7, 11) is 1.62. The van der Waals surface area contributed by atoms with Gasteiger partial charge in [0.25, 0.3) is 0 Å². The largest absolute Gasteiger partial charge is 0.496 e. The van der Waals surface area contributed by atoms with Gasteiger partial charge in [-0.2, -0.15) is 0 Å². The first-order chi connectivity index (χ1) is 7.21. The maximum atomic E-state index is 11.0. The Bertz CT molecular complexity index is 353.